The highest BCUT2D eigenvalue weighted by Crippen LogP contribution is 2.41. The molecule has 1 aliphatic heterocycles. The average molecular weight is 424 g/mol. The summed E-state index contributed by atoms with van der Waals surface area (Å²) in [7, 11) is 0. The molecule has 3 heterocycles. The van der Waals surface area contributed by atoms with Crippen LogP contribution in [0, 0.1) is 12.8 Å². The van der Waals surface area contributed by atoms with Crippen LogP contribution in [0.5, 0.6) is 0 Å². The van der Waals surface area contributed by atoms with Gasteiger partial charge >= 0.3 is 0 Å². The molecule has 1 fully saturated rings. The fraction of sp³-hybridized carbons (Fsp3) is 0.304. The quantitative estimate of drug-likeness (QED) is 0.508. The zero-order valence-corrected chi connectivity index (χ0v) is 18.5. The van der Waals surface area contributed by atoms with Crippen LogP contribution in [0.2, 0.25) is 0 Å². The summed E-state index contributed by atoms with van der Waals surface area (Å²) < 4.78 is 6.31. The predicted molar refractivity (Wildman–Crippen MR) is 121 cm³/mol. The first-order valence-corrected chi connectivity index (χ1v) is 11.1. The van der Waals surface area contributed by atoms with Crippen LogP contribution in [0.3, 0.4) is 0 Å². The van der Waals surface area contributed by atoms with Crippen molar-refractivity contribution in [3.63, 3.8) is 0 Å². The number of nitrogens with one attached hydrogen (secondary N) is 1. The summed E-state index contributed by atoms with van der Waals surface area (Å²) in [6.07, 6.45) is 1.82. The Balaban J connectivity index is 1.64. The topological polar surface area (TPSA) is 41.3 Å². The van der Waals surface area contributed by atoms with Crippen molar-refractivity contribution in [1.29, 1.82) is 0 Å². The number of benzene rings is 1. The first-order chi connectivity index (χ1) is 14.0. The van der Waals surface area contributed by atoms with Crippen LogP contribution in [0.15, 0.2) is 75.2 Å². The highest BCUT2D eigenvalue weighted by Gasteiger charge is 2.41. The van der Waals surface area contributed by atoms with Crippen molar-refractivity contribution in [3.05, 3.63) is 77.8 Å². The Kier molecular flexibility index (Phi) is 5.92. The molecule has 0 spiro atoms. The van der Waals surface area contributed by atoms with E-state index in [-0.39, 0.29) is 12.1 Å². The molecule has 0 aliphatic carbocycles. The van der Waals surface area contributed by atoms with Crippen molar-refractivity contribution in [2.45, 2.75) is 42.8 Å². The number of pyridine rings is 1. The predicted octanol–water partition coefficient (Wildman–Crippen LogP) is 5.76. The Morgan fingerprint density at radius 2 is 1.93 bits per heavy atom. The maximum Gasteiger partial charge on any atom is 0.170 e. The Labute approximate surface area is 181 Å². The van der Waals surface area contributed by atoms with E-state index in [1.54, 1.807) is 11.8 Å². The molecule has 2 atom stereocenters. The van der Waals surface area contributed by atoms with Gasteiger partial charge in [0.2, 0.25) is 0 Å². The Bertz CT molecular complexity index is 969. The molecule has 150 valence electrons. The molecule has 0 saturated carbocycles. The van der Waals surface area contributed by atoms with Gasteiger partial charge in [0, 0.05) is 17.6 Å². The van der Waals surface area contributed by atoms with E-state index in [2.05, 4.69) is 66.3 Å². The maximum absolute atomic E-state index is 6.31. The van der Waals surface area contributed by atoms with E-state index < -0.39 is 0 Å². The largest absolute Gasteiger partial charge is 0.452 e. The van der Waals surface area contributed by atoms with Crippen molar-refractivity contribution in [2.24, 2.45) is 5.92 Å². The van der Waals surface area contributed by atoms with E-state index >= 15 is 0 Å². The monoisotopic (exact) mass is 423 g/mol. The number of hydrogen-bond acceptors (Lipinski definition) is 4. The van der Waals surface area contributed by atoms with Crippen molar-refractivity contribution in [3.8, 4) is 0 Å². The van der Waals surface area contributed by atoms with Gasteiger partial charge in [0.25, 0.3) is 0 Å². The van der Waals surface area contributed by atoms with Gasteiger partial charge in [-0.3, -0.25) is 4.98 Å². The summed E-state index contributed by atoms with van der Waals surface area (Å²) >= 11 is 7.31. The number of furan rings is 1. The minimum atomic E-state index is -0.0363. The van der Waals surface area contributed by atoms with Gasteiger partial charge in [-0.1, -0.05) is 49.4 Å². The second kappa shape index (κ2) is 8.59. The highest BCUT2D eigenvalue weighted by molar-refractivity contribution is 7.99. The molecule has 0 amide bonds. The number of hydrogen-bond donors (Lipinski definition) is 1. The zero-order chi connectivity index (χ0) is 20.4. The minimum Gasteiger partial charge on any atom is -0.452 e. The standard InChI is InChI=1S/C23H25N3OS2/c1-15(2)14-26-22(21(25-23(26)28)18-6-4-5-13-24-18)19-11-12-20(27-19)29-17-9-7-16(3)8-10-17/h4-13,15,21-22H,14H2,1-3H3,(H,25,28)/t21-,22-/m0/s1. The number of rotatable bonds is 6. The molecule has 0 unspecified atom stereocenters. The molecule has 29 heavy (non-hydrogen) atoms. The van der Waals surface area contributed by atoms with Crippen molar-refractivity contribution in [1.82, 2.24) is 15.2 Å². The van der Waals surface area contributed by atoms with E-state index in [4.69, 9.17) is 16.6 Å². The summed E-state index contributed by atoms with van der Waals surface area (Å²) in [6.45, 7) is 7.36. The maximum atomic E-state index is 6.31. The Hall–Kier alpha value is -2.31. The summed E-state index contributed by atoms with van der Waals surface area (Å²) in [5.41, 5.74) is 2.22. The number of thiocarbonyl (C=S) groups is 1. The summed E-state index contributed by atoms with van der Waals surface area (Å²) in [6, 6.07) is 18.5. The van der Waals surface area contributed by atoms with E-state index in [1.165, 1.54) is 5.56 Å². The average Bonchev–Trinajstić information content (AvgIpc) is 3.28. The van der Waals surface area contributed by atoms with Crippen LogP contribution in [0.4, 0.5) is 0 Å². The summed E-state index contributed by atoms with van der Waals surface area (Å²) in [4.78, 5) is 7.97. The van der Waals surface area contributed by atoms with Gasteiger partial charge in [0.1, 0.15) is 11.8 Å². The first kappa shape index (κ1) is 20.0. The molecule has 1 N–H and O–H groups in total. The van der Waals surface area contributed by atoms with Gasteiger partial charge in [-0.05, 0) is 61.5 Å². The fourth-order valence-corrected chi connectivity index (χ4v) is 4.67. The molecule has 0 radical (unpaired) electrons. The second-order valence-corrected chi connectivity index (χ2v) is 9.21. The van der Waals surface area contributed by atoms with Crippen molar-refractivity contribution in [2.75, 3.05) is 6.54 Å². The lowest BCUT2D eigenvalue weighted by atomic mass is 10.0. The molecule has 3 aromatic rings. The van der Waals surface area contributed by atoms with Crippen LogP contribution in [-0.4, -0.2) is 21.5 Å². The van der Waals surface area contributed by atoms with Gasteiger partial charge < -0.3 is 14.6 Å². The number of aromatic nitrogens is 1. The fourth-order valence-electron chi connectivity index (χ4n) is 3.58. The van der Waals surface area contributed by atoms with Gasteiger partial charge in [0.05, 0.1) is 11.7 Å². The van der Waals surface area contributed by atoms with Crippen LogP contribution in [-0.2, 0) is 0 Å². The lowest BCUT2D eigenvalue weighted by Crippen LogP contribution is -2.32. The molecule has 1 aliphatic rings. The van der Waals surface area contributed by atoms with Crippen LogP contribution < -0.4 is 5.32 Å². The lowest BCUT2D eigenvalue weighted by Gasteiger charge is -2.27. The molecule has 1 aromatic carbocycles. The second-order valence-electron chi connectivity index (χ2n) is 7.74. The lowest BCUT2D eigenvalue weighted by molar-refractivity contribution is 0.242. The third kappa shape index (κ3) is 4.49. The zero-order valence-electron chi connectivity index (χ0n) is 16.8. The van der Waals surface area contributed by atoms with Gasteiger partial charge in [-0.25, -0.2) is 0 Å². The first-order valence-electron chi connectivity index (χ1n) is 9.83. The third-order valence-corrected chi connectivity index (χ3v) is 6.17. The Morgan fingerprint density at radius 1 is 1.14 bits per heavy atom. The smallest absolute Gasteiger partial charge is 0.170 e. The molecular formula is C23H25N3OS2. The molecule has 0 bridgehead atoms. The molecule has 4 nitrogen and oxygen atoms in total. The van der Waals surface area contributed by atoms with Crippen molar-refractivity contribution >= 4 is 29.1 Å². The molecule has 6 heteroatoms. The number of aryl methyl sites for hydroxylation is 1. The van der Waals surface area contributed by atoms with Crippen LogP contribution >= 0.6 is 24.0 Å². The van der Waals surface area contributed by atoms with Crippen LogP contribution in [0.1, 0.15) is 42.9 Å². The van der Waals surface area contributed by atoms with Gasteiger partial charge in [-0.15, -0.1) is 0 Å². The Morgan fingerprint density at radius 3 is 2.62 bits per heavy atom. The summed E-state index contributed by atoms with van der Waals surface area (Å²) in [5, 5.41) is 5.10. The van der Waals surface area contributed by atoms with Crippen molar-refractivity contribution < 1.29 is 4.42 Å². The SMILES string of the molecule is Cc1ccc(Sc2ccc([C@H]3[C@H](c4ccccn4)NC(=S)N3CC(C)C)o2)cc1. The number of nitrogens with zero attached hydrogens (tertiary/aromatic N) is 2. The molecule has 2 aromatic heterocycles. The molecule has 1 saturated heterocycles. The van der Waals surface area contributed by atoms with E-state index in [0.29, 0.717) is 5.92 Å². The highest BCUT2D eigenvalue weighted by atomic mass is 32.2. The summed E-state index contributed by atoms with van der Waals surface area (Å²) in [5.74, 6) is 1.39. The third-order valence-electron chi connectivity index (χ3n) is 4.89. The van der Waals surface area contributed by atoms with E-state index in [1.807, 2.05) is 30.5 Å². The minimum absolute atomic E-state index is 0.0211. The van der Waals surface area contributed by atoms with Crippen LogP contribution in [0.25, 0.3) is 0 Å². The molecule has 4 rings (SSSR count). The molecular weight excluding hydrogens is 398 g/mol. The van der Waals surface area contributed by atoms with Gasteiger partial charge in [0.15, 0.2) is 10.2 Å². The van der Waals surface area contributed by atoms with Gasteiger partial charge in [-0.2, -0.15) is 0 Å². The normalized spacial score (nSPS) is 19.0. The van der Waals surface area contributed by atoms with E-state index in [9.17, 15) is 0 Å². The van der Waals surface area contributed by atoms with E-state index in [0.717, 1.165) is 33.1 Å².